The van der Waals surface area contributed by atoms with Gasteiger partial charge in [-0.15, -0.1) is 0 Å². The van der Waals surface area contributed by atoms with Crippen LogP contribution < -0.4 is 5.32 Å². The molecule has 0 aliphatic carbocycles. The first kappa shape index (κ1) is 9.52. The summed E-state index contributed by atoms with van der Waals surface area (Å²) in [5, 5.41) is 3.15. The molecule has 0 radical (unpaired) electrons. The molecule has 1 N–H and O–H groups in total. The fraction of sp³-hybridized carbons (Fsp3) is 0.889. The van der Waals surface area contributed by atoms with Crippen LogP contribution in [0.2, 0.25) is 0 Å². The lowest BCUT2D eigenvalue weighted by atomic mass is 10.1. The summed E-state index contributed by atoms with van der Waals surface area (Å²) in [4.78, 5) is 11.3. The van der Waals surface area contributed by atoms with E-state index in [-0.39, 0.29) is 12.0 Å². The highest BCUT2D eigenvalue weighted by atomic mass is 16.5. The minimum atomic E-state index is -0.0726. The fourth-order valence-electron chi connectivity index (χ4n) is 1.36. The molecule has 1 fully saturated rings. The smallest absolute Gasteiger partial charge is 0.323 e. The van der Waals surface area contributed by atoms with Gasteiger partial charge < -0.3 is 10.1 Å². The summed E-state index contributed by atoms with van der Waals surface area (Å²) < 4.78 is 5.03. The van der Waals surface area contributed by atoms with E-state index in [1.165, 1.54) is 6.42 Å². The number of ether oxygens (including phenoxy) is 1. The number of carbonyl (C=O) groups excluding carboxylic acids is 1. The summed E-state index contributed by atoms with van der Waals surface area (Å²) >= 11 is 0. The van der Waals surface area contributed by atoms with Crippen molar-refractivity contribution in [2.24, 2.45) is 0 Å². The van der Waals surface area contributed by atoms with E-state index in [1.54, 1.807) is 0 Å². The molecular formula is C9H17NO2. The molecule has 1 saturated heterocycles. The normalized spacial score (nSPS) is 23.6. The number of carbonyl (C=O) groups is 1. The van der Waals surface area contributed by atoms with E-state index in [4.69, 9.17) is 4.74 Å². The Labute approximate surface area is 73.5 Å². The number of hydrogen-bond donors (Lipinski definition) is 1. The van der Waals surface area contributed by atoms with Crippen LogP contribution in [0.4, 0.5) is 0 Å². The molecule has 1 atom stereocenters. The minimum absolute atomic E-state index is 0.0368. The van der Waals surface area contributed by atoms with Gasteiger partial charge in [0.05, 0.1) is 6.61 Å². The second kappa shape index (κ2) is 5.14. The van der Waals surface area contributed by atoms with Crippen LogP contribution in [0.3, 0.4) is 0 Å². The van der Waals surface area contributed by atoms with Crippen molar-refractivity contribution in [2.45, 2.75) is 38.6 Å². The number of hydrogen-bond acceptors (Lipinski definition) is 3. The molecule has 3 nitrogen and oxygen atoms in total. The van der Waals surface area contributed by atoms with E-state index in [9.17, 15) is 4.79 Å². The van der Waals surface area contributed by atoms with Crippen molar-refractivity contribution in [2.75, 3.05) is 13.2 Å². The van der Waals surface area contributed by atoms with Crippen molar-refractivity contribution >= 4 is 5.97 Å². The largest absolute Gasteiger partial charge is 0.465 e. The first-order valence-corrected chi connectivity index (χ1v) is 4.74. The van der Waals surface area contributed by atoms with Crippen molar-refractivity contribution in [1.82, 2.24) is 5.32 Å². The number of nitrogens with one attached hydrogen (secondary N) is 1. The standard InChI is InChI=1S/C9H17NO2/c1-2-7-12-9(11)8-5-3-4-6-10-8/h8,10H,2-7H2,1H3. The van der Waals surface area contributed by atoms with Crippen LogP contribution >= 0.6 is 0 Å². The average Bonchev–Trinajstić information content (AvgIpc) is 2.15. The maximum atomic E-state index is 11.3. The summed E-state index contributed by atoms with van der Waals surface area (Å²) in [5.41, 5.74) is 0. The molecule has 1 rings (SSSR count). The third kappa shape index (κ3) is 2.81. The molecule has 0 aromatic carbocycles. The Morgan fingerprint density at radius 2 is 2.42 bits per heavy atom. The highest BCUT2D eigenvalue weighted by Crippen LogP contribution is 2.08. The summed E-state index contributed by atoms with van der Waals surface area (Å²) in [7, 11) is 0. The molecular weight excluding hydrogens is 154 g/mol. The van der Waals surface area contributed by atoms with Gasteiger partial charge in [0.15, 0.2) is 0 Å². The van der Waals surface area contributed by atoms with Crippen LogP contribution in [0.1, 0.15) is 32.6 Å². The van der Waals surface area contributed by atoms with Crippen LogP contribution in [0, 0.1) is 0 Å². The SMILES string of the molecule is CCCOC(=O)C1CCCCN1. The summed E-state index contributed by atoms with van der Waals surface area (Å²) in [6.45, 7) is 3.50. The van der Waals surface area contributed by atoms with Crippen molar-refractivity contribution in [3.05, 3.63) is 0 Å². The number of piperidine rings is 1. The quantitative estimate of drug-likeness (QED) is 0.646. The van der Waals surface area contributed by atoms with Crippen molar-refractivity contribution in [3.8, 4) is 0 Å². The molecule has 1 aliphatic heterocycles. The maximum absolute atomic E-state index is 11.3. The van der Waals surface area contributed by atoms with E-state index in [0.29, 0.717) is 6.61 Å². The zero-order valence-corrected chi connectivity index (χ0v) is 7.64. The van der Waals surface area contributed by atoms with Gasteiger partial charge in [-0.3, -0.25) is 4.79 Å². The van der Waals surface area contributed by atoms with Gasteiger partial charge in [0.2, 0.25) is 0 Å². The molecule has 0 spiro atoms. The predicted molar refractivity (Wildman–Crippen MR) is 46.9 cm³/mol. The molecule has 0 amide bonds. The Hall–Kier alpha value is -0.570. The third-order valence-corrected chi connectivity index (χ3v) is 2.04. The summed E-state index contributed by atoms with van der Waals surface area (Å²) in [6.07, 6.45) is 4.15. The Morgan fingerprint density at radius 1 is 1.58 bits per heavy atom. The highest BCUT2D eigenvalue weighted by molar-refractivity contribution is 5.75. The molecule has 1 aliphatic rings. The van der Waals surface area contributed by atoms with Crippen molar-refractivity contribution < 1.29 is 9.53 Å². The van der Waals surface area contributed by atoms with E-state index in [2.05, 4.69) is 5.32 Å². The Morgan fingerprint density at radius 3 is 3.00 bits per heavy atom. The molecule has 1 unspecified atom stereocenters. The van der Waals surface area contributed by atoms with Crippen LogP contribution in [0.25, 0.3) is 0 Å². The minimum Gasteiger partial charge on any atom is -0.465 e. The van der Waals surface area contributed by atoms with Gasteiger partial charge in [0.25, 0.3) is 0 Å². The lowest BCUT2D eigenvalue weighted by molar-refractivity contribution is -0.146. The van der Waals surface area contributed by atoms with E-state index in [0.717, 1.165) is 25.8 Å². The van der Waals surface area contributed by atoms with Gasteiger partial charge in [0.1, 0.15) is 6.04 Å². The van der Waals surface area contributed by atoms with Crippen molar-refractivity contribution in [1.29, 1.82) is 0 Å². The van der Waals surface area contributed by atoms with Gasteiger partial charge >= 0.3 is 5.97 Å². The molecule has 12 heavy (non-hydrogen) atoms. The molecule has 0 aromatic rings. The van der Waals surface area contributed by atoms with Gasteiger partial charge in [-0.1, -0.05) is 13.3 Å². The average molecular weight is 171 g/mol. The van der Waals surface area contributed by atoms with Gasteiger partial charge in [-0.05, 0) is 25.8 Å². The topological polar surface area (TPSA) is 38.3 Å². The van der Waals surface area contributed by atoms with Gasteiger partial charge in [0, 0.05) is 0 Å². The van der Waals surface area contributed by atoms with Crippen LogP contribution in [0.5, 0.6) is 0 Å². The van der Waals surface area contributed by atoms with Crippen molar-refractivity contribution in [3.63, 3.8) is 0 Å². The maximum Gasteiger partial charge on any atom is 0.323 e. The van der Waals surface area contributed by atoms with Crippen LogP contribution in [-0.2, 0) is 9.53 Å². The van der Waals surface area contributed by atoms with Crippen LogP contribution in [-0.4, -0.2) is 25.2 Å². The van der Waals surface area contributed by atoms with Crippen LogP contribution in [0.15, 0.2) is 0 Å². The highest BCUT2D eigenvalue weighted by Gasteiger charge is 2.21. The third-order valence-electron chi connectivity index (χ3n) is 2.04. The zero-order valence-electron chi connectivity index (χ0n) is 7.64. The predicted octanol–water partition coefficient (Wildman–Crippen LogP) is 1.08. The Balaban J connectivity index is 2.20. The lowest BCUT2D eigenvalue weighted by Gasteiger charge is -2.21. The number of esters is 1. The second-order valence-corrected chi connectivity index (χ2v) is 3.17. The molecule has 0 saturated carbocycles. The molecule has 0 bridgehead atoms. The summed E-state index contributed by atoms with van der Waals surface area (Å²) in [6, 6.07) is -0.0368. The molecule has 70 valence electrons. The molecule has 0 aromatic heterocycles. The summed E-state index contributed by atoms with van der Waals surface area (Å²) in [5.74, 6) is -0.0726. The lowest BCUT2D eigenvalue weighted by Crippen LogP contribution is -2.41. The number of rotatable bonds is 3. The zero-order chi connectivity index (χ0) is 8.81. The Kier molecular flexibility index (Phi) is 4.08. The molecule has 3 heteroatoms. The first-order valence-electron chi connectivity index (χ1n) is 4.74. The Bertz CT molecular complexity index is 141. The van der Waals surface area contributed by atoms with Gasteiger partial charge in [-0.25, -0.2) is 0 Å². The van der Waals surface area contributed by atoms with E-state index in [1.807, 2.05) is 6.92 Å². The van der Waals surface area contributed by atoms with Gasteiger partial charge in [-0.2, -0.15) is 0 Å². The monoisotopic (exact) mass is 171 g/mol. The van der Waals surface area contributed by atoms with E-state index >= 15 is 0 Å². The first-order chi connectivity index (χ1) is 5.84. The molecule has 1 heterocycles. The van der Waals surface area contributed by atoms with E-state index < -0.39 is 0 Å². The fourth-order valence-corrected chi connectivity index (χ4v) is 1.36. The second-order valence-electron chi connectivity index (χ2n) is 3.17.